The van der Waals surface area contributed by atoms with Gasteiger partial charge in [-0.1, -0.05) is 24.1 Å². The van der Waals surface area contributed by atoms with Crippen molar-refractivity contribution in [2.75, 3.05) is 13.2 Å². The van der Waals surface area contributed by atoms with Gasteiger partial charge in [-0.3, -0.25) is 0 Å². The van der Waals surface area contributed by atoms with Crippen LogP contribution in [0.2, 0.25) is 0 Å². The summed E-state index contributed by atoms with van der Waals surface area (Å²) in [6.45, 7) is 2.92. The van der Waals surface area contributed by atoms with E-state index in [9.17, 15) is 0 Å². The third kappa shape index (κ3) is 2.51. The molecule has 1 aromatic carbocycles. The van der Waals surface area contributed by atoms with Crippen molar-refractivity contribution in [1.82, 2.24) is 0 Å². The Morgan fingerprint density at radius 2 is 2.33 bits per heavy atom. The summed E-state index contributed by atoms with van der Waals surface area (Å²) < 4.78 is 11.1. The first-order chi connectivity index (χ1) is 7.40. The third-order valence-electron chi connectivity index (χ3n) is 2.37. The Kier molecular flexibility index (Phi) is 3.26. The van der Waals surface area contributed by atoms with Crippen molar-refractivity contribution < 1.29 is 9.47 Å². The molecule has 0 N–H and O–H groups in total. The lowest BCUT2D eigenvalue weighted by Gasteiger charge is -2.09. The molecular formula is C13H14O2. The summed E-state index contributed by atoms with van der Waals surface area (Å²) in [4.78, 5) is 0. The fourth-order valence-corrected chi connectivity index (χ4v) is 1.66. The number of para-hydroxylation sites is 1. The van der Waals surface area contributed by atoms with Gasteiger partial charge in [0.25, 0.3) is 0 Å². The zero-order valence-electron chi connectivity index (χ0n) is 8.82. The Balaban J connectivity index is 1.82. The maximum absolute atomic E-state index is 5.71. The minimum Gasteiger partial charge on any atom is -0.487 e. The van der Waals surface area contributed by atoms with Crippen molar-refractivity contribution in [1.29, 1.82) is 0 Å². The molecule has 0 saturated carbocycles. The van der Waals surface area contributed by atoms with Crippen LogP contribution in [0.5, 0.6) is 5.75 Å². The fourth-order valence-electron chi connectivity index (χ4n) is 1.66. The van der Waals surface area contributed by atoms with E-state index in [2.05, 4.69) is 17.9 Å². The normalized spacial score (nSPS) is 17.5. The van der Waals surface area contributed by atoms with E-state index in [1.165, 1.54) is 5.56 Å². The first kappa shape index (κ1) is 10.1. The second kappa shape index (κ2) is 4.86. The lowest BCUT2D eigenvalue weighted by molar-refractivity contribution is 0.0786. The van der Waals surface area contributed by atoms with Gasteiger partial charge in [0.05, 0.1) is 6.61 Å². The molecule has 0 radical (unpaired) electrons. The van der Waals surface area contributed by atoms with Crippen LogP contribution in [-0.4, -0.2) is 19.3 Å². The molecule has 0 amide bonds. The maximum atomic E-state index is 5.71. The van der Waals surface area contributed by atoms with Gasteiger partial charge in [0.15, 0.2) is 0 Å². The molecule has 1 aliphatic heterocycles. The van der Waals surface area contributed by atoms with Gasteiger partial charge in [-0.05, 0) is 18.6 Å². The first-order valence-electron chi connectivity index (χ1n) is 5.12. The van der Waals surface area contributed by atoms with E-state index < -0.39 is 0 Å². The second-order valence-electron chi connectivity index (χ2n) is 3.49. The highest BCUT2D eigenvalue weighted by Gasteiger charge is 2.21. The zero-order valence-corrected chi connectivity index (χ0v) is 8.82. The Bertz CT molecular complexity index is 362. The molecular weight excluding hydrogens is 188 g/mol. The van der Waals surface area contributed by atoms with Gasteiger partial charge in [0.1, 0.15) is 18.5 Å². The molecule has 2 nitrogen and oxygen atoms in total. The molecule has 1 aromatic rings. The number of hydrogen-bond acceptors (Lipinski definition) is 2. The van der Waals surface area contributed by atoms with Gasteiger partial charge < -0.3 is 9.47 Å². The van der Waals surface area contributed by atoms with E-state index >= 15 is 0 Å². The lowest BCUT2D eigenvalue weighted by atomic mass is 10.1. The second-order valence-corrected chi connectivity index (χ2v) is 3.49. The molecule has 2 rings (SSSR count). The van der Waals surface area contributed by atoms with Crippen LogP contribution in [0, 0.1) is 11.8 Å². The van der Waals surface area contributed by atoms with E-state index in [1.807, 2.05) is 25.1 Å². The summed E-state index contributed by atoms with van der Waals surface area (Å²) in [5.74, 6) is 6.65. The molecule has 15 heavy (non-hydrogen) atoms. The standard InChI is InChI=1S/C13H14O2/c1-2-3-8-14-10-12-9-11-6-4-5-7-13(11)15-12/h4-7,12H,8-10H2,1H3. The molecule has 0 aromatic heterocycles. The summed E-state index contributed by atoms with van der Waals surface area (Å²) in [6, 6.07) is 8.13. The number of hydrogen-bond donors (Lipinski definition) is 0. The smallest absolute Gasteiger partial charge is 0.126 e. The first-order valence-corrected chi connectivity index (χ1v) is 5.12. The van der Waals surface area contributed by atoms with Crippen LogP contribution in [0.3, 0.4) is 0 Å². The van der Waals surface area contributed by atoms with Crippen LogP contribution in [0.4, 0.5) is 0 Å². The molecule has 1 aliphatic rings. The molecule has 1 heterocycles. The van der Waals surface area contributed by atoms with E-state index in [1.54, 1.807) is 0 Å². The van der Waals surface area contributed by atoms with E-state index in [-0.39, 0.29) is 6.10 Å². The number of ether oxygens (including phenoxy) is 2. The van der Waals surface area contributed by atoms with Crippen molar-refractivity contribution in [3.05, 3.63) is 29.8 Å². The highest BCUT2D eigenvalue weighted by molar-refractivity contribution is 5.37. The summed E-state index contributed by atoms with van der Waals surface area (Å²) >= 11 is 0. The predicted octanol–water partition coefficient (Wildman–Crippen LogP) is 2.03. The Labute approximate surface area is 90.2 Å². The van der Waals surface area contributed by atoms with Gasteiger partial charge >= 0.3 is 0 Å². The fraction of sp³-hybridized carbons (Fsp3) is 0.385. The number of fused-ring (bicyclic) bond motifs is 1. The van der Waals surface area contributed by atoms with Gasteiger partial charge in [-0.25, -0.2) is 0 Å². The lowest BCUT2D eigenvalue weighted by Crippen LogP contribution is -2.20. The van der Waals surface area contributed by atoms with Crippen LogP contribution >= 0.6 is 0 Å². The molecule has 0 bridgehead atoms. The Morgan fingerprint density at radius 1 is 1.47 bits per heavy atom. The molecule has 0 fully saturated rings. The van der Waals surface area contributed by atoms with Crippen LogP contribution in [-0.2, 0) is 11.2 Å². The molecule has 0 aliphatic carbocycles. The molecule has 1 atom stereocenters. The quantitative estimate of drug-likeness (QED) is 0.551. The topological polar surface area (TPSA) is 18.5 Å². The van der Waals surface area contributed by atoms with Gasteiger partial charge in [-0.2, -0.15) is 0 Å². The summed E-state index contributed by atoms with van der Waals surface area (Å²) in [6.07, 6.45) is 1.09. The minimum atomic E-state index is 0.154. The van der Waals surface area contributed by atoms with Gasteiger partial charge in [0.2, 0.25) is 0 Å². The Morgan fingerprint density at radius 3 is 3.13 bits per heavy atom. The van der Waals surface area contributed by atoms with E-state index in [4.69, 9.17) is 9.47 Å². The molecule has 0 spiro atoms. The van der Waals surface area contributed by atoms with Crippen LogP contribution in [0.1, 0.15) is 12.5 Å². The van der Waals surface area contributed by atoms with E-state index in [0.717, 1.165) is 12.2 Å². The summed E-state index contributed by atoms with van der Waals surface area (Å²) in [5, 5.41) is 0. The average Bonchev–Trinajstić information content (AvgIpc) is 2.67. The molecule has 2 heteroatoms. The van der Waals surface area contributed by atoms with Gasteiger partial charge in [-0.15, -0.1) is 5.92 Å². The molecule has 0 saturated heterocycles. The minimum absolute atomic E-state index is 0.154. The van der Waals surface area contributed by atoms with Crippen molar-refractivity contribution in [2.24, 2.45) is 0 Å². The monoisotopic (exact) mass is 202 g/mol. The number of rotatable bonds is 3. The highest BCUT2D eigenvalue weighted by atomic mass is 16.5. The van der Waals surface area contributed by atoms with Crippen molar-refractivity contribution in [2.45, 2.75) is 19.4 Å². The van der Waals surface area contributed by atoms with E-state index in [0.29, 0.717) is 13.2 Å². The van der Waals surface area contributed by atoms with Crippen molar-refractivity contribution >= 4 is 0 Å². The number of benzene rings is 1. The summed E-state index contributed by atoms with van der Waals surface area (Å²) in [5.41, 5.74) is 1.27. The van der Waals surface area contributed by atoms with Crippen molar-refractivity contribution in [3.63, 3.8) is 0 Å². The van der Waals surface area contributed by atoms with Crippen LogP contribution in [0.15, 0.2) is 24.3 Å². The molecule has 1 unspecified atom stereocenters. The zero-order chi connectivity index (χ0) is 10.5. The average molecular weight is 202 g/mol. The third-order valence-corrected chi connectivity index (χ3v) is 2.37. The van der Waals surface area contributed by atoms with Crippen molar-refractivity contribution in [3.8, 4) is 17.6 Å². The summed E-state index contributed by atoms with van der Waals surface area (Å²) in [7, 11) is 0. The maximum Gasteiger partial charge on any atom is 0.126 e. The highest BCUT2D eigenvalue weighted by Crippen LogP contribution is 2.27. The Hall–Kier alpha value is -1.46. The van der Waals surface area contributed by atoms with Crippen LogP contribution in [0.25, 0.3) is 0 Å². The van der Waals surface area contributed by atoms with Crippen LogP contribution < -0.4 is 4.74 Å². The SMILES string of the molecule is CC#CCOCC1Cc2ccccc2O1. The van der Waals surface area contributed by atoms with Gasteiger partial charge in [0, 0.05) is 6.42 Å². The largest absolute Gasteiger partial charge is 0.487 e. The predicted molar refractivity (Wildman–Crippen MR) is 58.8 cm³/mol. The molecule has 78 valence electrons.